The van der Waals surface area contributed by atoms with Crippen LogP contribution in [0.2, 0.25) is 0 Å². The van der Waals surface area contributed by atoms with Crippen LogP contribution in [0.15, 0.2) is 0 Å². The minimum Gasteiger partial charge on any atom is -0.393 e. The topological polar surface area (TPSA) is 69.6 Å². The van der Waals surface area contributed by atoms with Gasteiger partial charge in [-0.3, -0.25) is 4.79 Å². The molecular formula is C28H49NO3. The quantitative estimate of drug-likeness (QED) is 0.526. The molecule has 10 atom stereocenters. The van der Waals surface area contributed by atoms with Crippen molar-refractivity contribution in [2.75, 3.05) is 6.54 Å². The molecule has 4 aliphatic rings. The van der Waals surface area contributed by atoms with E-state index in [1.807, 2.05) is 0 Å². The van der Waals surface area contributed by atoms with E-state index in [-0.39, 0.29) is 18.1 Å². The highest BCUT2D eigenvalue weighted by molar-refractivity contribution is 5.75. The highest BCUT2D eigenvalue weighted by atomic mass is 16.3. The summed E-state index contributed by atoms with van der Waals surface area (Å²) in [5, 5.41) is 24.7. The molecule has 0 radical (unpaired) electrons. The number of carbonyl (C=O) groups is 1. The summed E-state index contributed by atoms with van der Waals surface area (Å²) in [5.41, 5.74) is 0.593. The number of fused-ring (bicyclic) bond motifs is 5. The first-order valence-corrected chi connectivity index (χ1v) is 13.7. The van der Waals surface area contributed by atoms with Gasteiger partial charge in [0.2, 0.25) is 5.91 Å². The lowest BCUT2D eigenvalue weighted by atomic mass is 9.43. The van der Waals surface area contributed by atoms with E-state index >= 15 is 0 Å². The summed E-state index contributed by atoms with van der Waals surface area (Å²) < 4.78 is 0. The number of rotatable bonds is 6. The van der Waals surface area contributed by atoms with Gasteiger partial charge in [0.25, 0.3) is 0 Å². The van der Waals surface area contributed by atoms with Crippen molar-refractivity contribution in [3.8, 4) is 0 Å². The third-order valence-corrected chi connectivity index (χ3v) is 10.9. The van der Waals surface area contributed by atoms with Gasteiger partial charge in [-0.15, -0.1) is 0 Å². The van der Waals surface area contributed by atoms with Crippen molar-refractivity contribution < 1.29 is 15.0 Å². The monoisotopic (exact) mass is 447 g/mol. The molecule has 4 fully saturated rings. The van der Waals surface area contributed by atoms with E-state index in [9.17, 15) is 15.0 Å². The van der Waals surface area contributed by atoms with Gasteiger partial charge in [0, 0.05) is 13.0 Å². The minimum absolute atomic E-state index is 0.167. The summed E-state index contributed by atoms with van der Waals surface area (Å²) in [6.45, 7) is 12.4. The Morgan fingerprint density at radius 2 is 1.66 bits per heavy atom. The van der Waals surface area contributed by atoms with E-state index in [2.05, 4.69) is 39.9 Å². The molecule has 4 saturated carbocycles. The molecule has 0 bridgehead atoms. The molecule has 0 spiro atoms. The van der Waals surface area contributed by atoms with Crippen LogP contribution in [0, 0.1) is 52.3 Å². The lowest BCUT2D eigenvalue weighted by Gasteiger charge is -2.62. The van der Waals surface area contributed by atoms with Gasteiger partial charge in [0.1, 0.15) is 0 Å². The smallest absolute Gasteiger partial charge is 0.220 e. The van der Waals surface area contributed by atoms with Crippen LogP contribution in [0.1, 0.15) is 98.8 Å². The van der Waals surface area contributed by atoms with Gasteiger partial charge in [-0.25, -0.2) is 0 Å². The molecule has 4 rings (SSSR count). The molecule has 4 nitrogen and oxygen atoms in total. The Balaban J connectivity index is 1.43. The van der Waals surface area contributed by atoms with Crippen LogP contribution in [0.3, 0.4) is 0 Å². The Morgan fingerprint density at radius 1 is 0.969 bits per heavy atom. The van der Waals surface area contributed by atoms with Crippen molar-refractivity contribution in [2.24, 2.45) is 52.3 Å². The second-order valence-corrected chi connectivity index (χ2v) is 13.2. The normalized spacial score (nSPS) is 46.8. The predicted octanol–water partition coefficient (Wildman–Crippen LogP) is 5.17. The van der Waals surface area contributed by atoms with E-state index < -0.39 is 0 Å². The number of aliphatic hydroxyl groups excluding tert-OH is 2. The Morgan fingerprint density at radius 3 is 2.38 bits per heavy atom. The first-order chi connectivity index (χ1) is 15.1. The average molecular weight is 448 g/mol. The van der Waals surface area contributed by atoms with Crippen molar-refractivity contribution in [1.29, 1.82) is 0 Å². The molecule has 4 heteroatoms. The number of hydrogen-bond donors (Lipinski definition) is 3. The standard InChI is InChI=1S/C28H49NO3/c1-17(2)16-29-25(32)9-6-18(3)21-7-8-22-26-23(11-13-28(21,22)5)27(4)12-10-20(30)14-19(27)15-24(26)31/h17-24,26,30-31H,6-16H2,1-5H3,(H,29,32)/t18-,19+,20-,21-,22+,23+,24+,26+,27+,28-/m1/s1. The van der Waals surface area contributed by atoms with Gasteiger partial charge >= 0.3 is 0 Å². The predicted molar refractivity (Wildman–Crippen MR) is 129 cm³/mol. The van der Waals surface area contributed by atoms with Crippen molar-refractivity contribution in [3.05, 3.63) is 0 Å². The summed E-state index contributed by atoms with van der Waals surface area (Å²) in [6.07, 6.45) is 10.1. The first-order valence-electron chi connectivity index (χ1n) is 13.7. The van der Waals surface area contributed by atoms with Crippen molar-refractivity contribution >= 4 is 5.91 Å². The van der Waals surface area contributed by atoms with E-state index in [1.54, 1.807) is 0 Å². The molecule has 0 aromatic rings. The molecule has 184 valence electrons. The lowest BCUT2D eigenvalue weighted by Crippen LogP contribution is -2.58. The number of amides is 1. The zero-order chi connectivity index (χ0) is 23.3. The zero-order valence-electron chi connectivity index (χ0n) is 21.3. The molecule has 0 saturated heterocycles. The summed E-state index contributed by atoms with van der Waals surface area (Å²) in [5.74, 6) is 4.05. The molecule has 0 aromatic heterocycles. The zero-order valence-corrected chi connectivity index (χ0v) is 21.3. The van der Waals surface area contributed by atoms with Crippen LogP contribution in [0.25, 0.3) is 0 Å². The van der Waals surface area contributed by atoms with Gasteiger partial charge < -0.3 is 15.5 Å². The number of hydrogen-bond acceptors (Lipinski definition) is 3. The second-order valence-electron chi connectivity index (χ2n) is 13.2. The van der Waals surface area contributed by atoms with Crippen molar-refractivity contribution in [3.63, 3.8) is 0 Å². The molecule has 0 aliphatic heterocycles. The first kappa shape index (κ1) is 24.5. The molecule has 0 aromatic carbocycles. The molecule has 1 amide bonds. The summed E-state index contributed by atoms with van der Waals surface area (Å²) >= 11 is 0. The number of nitrogens with one attached hydrogen (secondary N) is 1. The number of carbonyl (C=O) groups excluding carboxylic acids is 1. The SMILES string of the molecule is CC(C)CNC(=O)CC[C@@H](C)[C@H]1CC[C@H]2[C@@H]3[C@@H](O)C[C@@H]4C[C@H](O)CC[C@]4(C)[C@H]3CC[C@]12C. The van der Waals surface area contributed by atoms with Crippen LogP contribution >= 0.6 is 0 Å². The minimum atomic E-state index is -0.205. The second kappa shape index (κ2) is 9.21. The average Bonchev–Trinajstić information content (AvgIpc) is 3.09. The van der Waals surface area contributed by atoms with Crippen molar-refractivity contribution in [2.45, 2.75) is 111 Å². The Labute approximate surface area is 196 Å². The van der Waals surface area contributed by atoms with E-state index in [4.69, 9.17) is 0 Å². The Hall–Kier alpha value is -0.610. The Bertz CT molecular complexity index is 680. The molecule has 3 N–H and O–H groups in total. The summed E-state index contributed by atoms with van der Waals surface area (Å²) in [7, 11) is 0. The molecule has 0 unspecified atom stereocenters. The van der Waals surface area contributed by atoms with Gasteiger partial charge in [0.05, 0.1) is 12.2 Å². The maximum Gasteiger partial charge on any atom is 0.220 e. The van der Waals surface area contributed by atoms with Crippen LogP contribution in [0.5, 0.6) is 0 Å². The van der Waals surface area contributed by atoms with E-state index in [1.165, 1.54) is 25.7 Å². The highest BCUT2D eigenvalue weighted by Gasteiger charge is 2.62. The third-order valence-electron chi connectivity index (χ3n) is 10.9. The molecule has 32 heavy (non-hydrogen) atoms. The van der Waals surface area contributed by atoms with Gasteiger partial charge in [-0.1, -0.05) is 34.6 Å². The molecular weight excluding hydrogens is 398 g/mol. The fourth-order valence-electron chi connectivity index (χ4n) is 9.14. The van der Waals surface area contributed by atoms with Crippen LogP contribution in [-0.2, 0) is 4.79 Å². The maximum absolute atomic E-state index is 12.3. The Kier molecular flexibility index (Phi) is 7.05. The maximum atomic E-state index is 12.3. The van der Waals surface area contributed by atoms with E-state index in [0.29, 0.717) is 58.7 Å². The van der Waals surface area contributed by atoms with Crippen LogP contribution in [0.4, 0.5) is 0 Å². The van der Waals surface area contributed by atoms with E-state index in [0.717, 1.165) is 38.6 Å². The van der Waals surface area contributed by atoms with Crippen LogP contribution < -0.4 is 5.32 Å². The molecule has 0 heterocycles. The summed E-state index contributed by atoms with van der Waals surface area (Å²) in [4.78, 5) is 12.3. The summed E-state index contributed by atoms with van der Waals surface area (Å²) in [6, 6.07) is 0. The highest BCUT2D eigenvalue weighted by Crippen LogP contribution is 2.68. The number of aliphatic hydroxyl groups is 2. The third kappa shape index (κ3) is 4.28. The lowest BCUT2D eigenvalue weighted by molar-refractivity contribution is -0.174. The van der Waals surface area contributed by atoms with Gasteiger partial charge in [0.15, 0.2) is 0 Å². The fourth-order valence-corrected chi connectivity index (χ4v) is 9.14. The fraction of sp³-hybridized carbons (Fsp3) is 0.964. The van der Waals surface area contributed by atoms with Gasteiger partial charge in [-0.2, -0.15) is 0 Å². The molecule has 4 aliphatic carbocycles. The van der Waals surface area contributed by atoms with Gasteiger partial charge in [-0.05, 0) is 110 Å². The van der Waals surface area contributed by atoms with Crippen LogP contribution in [-0.4, -0.2) is 34.9 Å². The largest absolute Gasteiger partial charge is 0.393 e. The van der Waals surface area contributed by atoms with Crippen molar-refractivity contribution in [1.82, 2.24) is 5.32 Å².